The van der Waals surface area contributed by atoms with Gasteiger partial charge >= 0.3 is 0 Å². The van der Waals surface area contributed by atoms with E-state index in [0.717, 1.165) is 19.6 Å². The molecule has 1 saturated heterocycles. The molecule has 1 aliphatic heterocycles. The summed E-state index contributed by atoms with van der Waals surface area (Å²) in [6.07, 6.45) is 1.26. The van der Waals surface area contributed by atoms with Crippen LogP contribution in [0.5, 0.6) is 0 Å². The zero-order valence-corrected chi connectivity index (χ0v) is 15.4. The van der Waals surface area contributed by atoms with Crippen molar-refractivity contribution in [1.82, 2.24) is 5.32 Å². The smallest absolute Gasteiger partial charge is 0.179 e. The van der Waals surface area contributed by atoms with Crippen LogP contribution in [0.15, 0.2) is 35.2 Å². The second-order valence-electron chi connectivity index (χ2n) is 7.61. The van der Waals surface area contributed by atoms with Crippen molar-refractivity contribution < 1.29 is 13.2 Å². The molecule has 0 aliphatic carbocycles. The Morgan fingerprint density at radius 1 is 1.26 bits per heavy atom. The SMILES string of the molecule is CC(CS(=O)(=O)c1ccccc1)NC[C@H]1CCO[C@@H]1C(C)(C)C. The zero-order valence-electron chi connectivity index (χ0n) is 14.6. The predicted octanol–water partition coefficient (Wildman–Crippen LogP) is 2.89. The van der Waals surface area contributed by atoms with Crippen molar-refractivity contribution in [3.8, 4) is 0 Å². The molecule has 1 aromatic carbocycles. The van der Waals surface area contributed by atoms with Crippen molar-refractivity contribution in [3.63, 3.8) is 0 Å². The minimum Gasteiger partial charge on any atom is -0.377 e. The molecular weight excluding hydrogens is 310 g/mol. The summed E-state index contributed by atoms with van der Waals surface area (Å²) < 4.78 is 30.7. The molecule has 1 aromatic rings. The summed E-state index contributed by atoms with van der Waals surface area (Å²) in [5, 5.41) is 3.39. The Bertz CT molecular complexity index is 592. The summed E-state index contributed by atoms with van der Waals surface area (Å²) in [7, 11) is -3.24. The van der Waals surface area contributed by atoms with E-state index in [9.17, 15) is 8.42 Å². The lowest BCUT2D eigenvalue weighted by molar-refractivity contribution is 0.00698. The van der Waals surface area contributed by atoms with Crippen molar-refractivity contribution in [1.29, 1.82) is 0 Å². The summed E-state index contributed by atoms with van der Waals surface area (Å²) in [4.78, 5) is 0.394. The normalized spacial score (nSPS) is 23.8. The molecule has 2 rings (SSSR count). The number of hydrogen-bond donors (Lipinski definition) is 1. The van der Waals surface area contributed by atoms with Crippen LogP contribution in [0.25, 0.3) is 0 Å². The Morgan fingerprint density at radius 3 is 2.52 bits per heavy atom. The lowest BCUT2D eigenvalue weighted by atomic mass is 9.81. The number of benzene rings is 1. The van der Waals surface area contributed by atoms with Crippen molar-refractivity contribution in [2.24, 2.45) is 11.3 Å². The molecule has 0 radical (unpaired) electrons. The van der Waals surface area contributed by atoms with Gasteiger partial charge in [-0.25, -0.2) is 8.42 Å². The van der Waals surface area contributed by atoms with Crippen LogP contribution in [-0.4, -0.2) is 39.5 Å². The summed E-state index contributed by atoms with van der Waals surface area (Å²) >= 11 is 0. The maximum atomic E-state index is 12.4. The van der Waals surface area contributed by atoms with Gasteiger partial charge in [0.05, 0.1) is 16.8 Å². The second-order valence-corrected chi connectivity index (χ2v) is 9.64. The molecule has 0 bridgehead atoms. The molecule has 1 aliphatic rings. The topological polar surface area (TPSA) is 55.4 Å². The molecule has 4 nitrogen and oxygen atoms in total. The van der Waals surface area contributed by atoms with Crippen LogP contribution >= 0.6 is 0 Å². The molecule has 23 heavy (non-hydrogen) atoms. The van der Waals surface area contributed by atoms with Crippen LogP contribution in [0.1, 0.15) is 34.1 Å². The zero-order chi connectivity index (χ0) is 17.1. The van der Waals surface area contributed by atoms with Crippen LogP contribution in [0.3, 0.4) is 0 Å². The first-order valence-corrected chi connectivity index (χ1v) is 9.98. The van der Waals surface area contributed by atoms with E-state index in [-0.39, 0.29) is 23.3 Å². The first-order valence-electron chi connectivity index (χ1n) is 8.33. The number of sulfone groups is 1. The molecule has 0 aromatic heterocycles. The van der Waals surface area contributed by atoms with E-state index in [4.69, 9.17) is 4.74 Å². The van der Waals surface area contributed by atoms with Gasteiger partial charge in [-0.2, -0.15) is 0 Å². The molecule has 1 unspecified atom stereocenters. The van der Waals surface area contributed by atoms with E-state index >= 15 is 0 Å². The number of rotatable bonds is 6. The number of hydrogen-bond acceptors (Lipinski definition) is 4. The van der Waals surface area contributed by atoms with Crippen LogP contribution in [0.4, 0.5) is 0 Å². The molecule has 1 heterocycles. The quantitative estimate of drug-likeness (QED) is 0.866. The molecular formula is C18H29NO3S. The van der Waals surface area contributed by atoms with Gasteiger partial charge in [0.1, 0.15) is 0 Å². The van der Waals surface area contributed by atoms with Crippen LogP contribution in [0.2, 0.25) is 0 Å². The lowest BCUT2D eigenvalue weighted by Gasteiger charge is -2.31. The first kappa shape index (κ1) is 18.4. The summed E-state index contributed by atoms with van der Waals surface area (Å²) in [5.41, 5.74) is 0.113. The monoisotopic (exact) mass is 339 g/mol. The molecule has 1 fully saturated rings. The van der Waals surface area contributed by atoms with E-state index in [0.29, 0.717) is 10.8 Å². The van der Waals surface area contributed by atoms with Crippen molar-refractivity contribution in [2.75, 3.05) is 18.9 Å². The second kappa shape index (κ2) is 7.32. The molecule has 130 valence electrons. The van der Waals surface area contributed by atoms with Gasteiger partial charge in [-0.3, -0.25) is 0 Å². The fraction of sp³-hybridized carbons (Fsp3) is 0.667. The van der Waals surface area contributed by atoms with Gasteiger partial charge in [0.25, 0.3) is 0 Å². The van der Waals surface area contributed by atoms with E-state index in [2.05, 4.69) is 26.1 Å². The van der Waals surface area contributed by atoms with Gasteiger partial charge in [-0.05, 0) is 30.9 Å². The molecule has 0 amide bonds. The minimum atomic E-state index is -3.24. The van der Waals surface area contributed by atoms with Gasteiger partial charge < -0.3 is 10.1 Å². The highest BCUT2D eigenvalue weighted by atomic mass is 32.2. The highest BCUT2D eigenvalue weighted by Gasteiger charge is 2.37. The average Bonchev–Trinajstić information content (AvgIpc) is 2.94. The minimum absolute atomic E-state index is 0.0820. The maximum Gasteiger partial charge on any atom is 0.179 e. The number of nitrogens with one attached hydrogen (secondary N) is 1. The van der Waals surface area contributed by atoms with Gasteiger partial charge in [-0.1, -0.05) is 39.0 Å². The summed E-state index contributed by atoms with van der Waals surface area (Å²) in [6.45, 7) is 10.1. The van der Waals surface area contributed by atoms with E-state index < -0.39 is 9.84 Å². The third kappa shape index (κ3) is 5.03. The third-order valence-corrected chi connectivity index (χ3v) is 6.30. The van der Waals surface area contributed by atoms with Crippen molar-refractivity contribution in [2.45, 2.75) is 51.2 Å². The van der Waals surface area contributed by atoms with Crippen molar-refractivity contribution in [3.05, 3.63) is 30.3 Å². The standard InChI is InChI=1S/C18H29NO3S/c1-14(13-23(20,21)16-8-6-5-7-9-16)19-12-15-10-11-22-17(15)18(2,3)4/h5-9,14-15,17,19H,10-13H2,1-4H3/t14?,15-,17+/m1/s1. The van der Waals surface area contributed by atoms with Gasteiger partial charge in [0.2, 0.25) is 0 Å². The van der Waals surface area contributed by atoms with Gasteiger partial charge in [0, 0.05) is 25.1 Å². The Labute approximate surface area is 140 Å². The molecule has 3 atom stereocenters. The largest absolute Gasteiger partial charge is 0.377 e. The van der Waals surface area contributed by atoms with Gasteiger partial charge in [-0.15, -0.1) is 0 Å². The van der Waals surface area contributed by atoms with Crippen LogP contribution < -0.4 is 5.32 Å². The van der Waals surface area contributed by atoms with E-state index in [1.165, 1.54) is 0 Å². The molecule has 0 spiro atoms. The molecule has 5 heteroatoms. The fourth-order valence-corrected chi connectivity index (χ4v) is 4.81. The van der Waals surface area contributed by atoms with E-state index in [1.54, 1.807) is 24.3 Å². The van der Waals surface area contributed by atoms with Crippen LogP contribution in [0, 0.1) is 11.3 Å². The first-order chi connectivity index (χ1) is 10.7. The highest BCUT2D eigenvalue weighted by molar-refractivity contribution is 7.91. The lowest BCUT2D eigenvalue weighted by Crippen LogP contribution is -2.41. The van der Waals surface area contributed by atoms with E-state index in [1.807, 2.05) is 13.0 Å². The maximum absolute atomic E-state index is 12.4. The Hall–Kier alpha value is -0.910. The number of ether oxygens (including phenoxy) is 1. The third-order valence-electron chi connectivity index (χ3n) is 4.37. The summed E-state index contributed by atoms with van der Waals surface area (Å²) in [5.74, 6) is 0.557. The summed E-state index contributed by atoms with van der Waals surface area (Å²) in [6, 6.07) is 8.57. The predicted molar refractivity (Wildman–Crippen MR) is 93.3 cm³/mol. The average molecular weight is 340 g/mol. The Balaban J connectivity index is 1.89. The fourth-order valence-electron chi connectivity index (χ4n) is 3.26. The molecule has 1 N–H and O–H groups in total. The Kier molecular flexibility index (Phi) is 5.87. The Morgan fingerprint density at radius 2 is 1.91 bits per heavy atom. The van der Waals surface area contributed by atoms with Crippen molar-refractivity contribution >= 4 is 9.84 Å². The van der Waals surface area contributed by atoms with Gasteiger partial charge in [0.15, 0.2) is 9.84 Å². The van der Waals surface area contributed by atoms with Crippen LogP contribution in [-0.2, 0) is 14.6 Å². The highest BCUT2D eigenvalue weighted by Crippen LogP contribution is 2.34. The molecule has 0 saturated carbocycles.